The summed E-state index contributed by atoms with van der Waals surface area (Å²) < 4.78 is 6.05. The van der Waals surface area contributed by atoms with Crippen molar-refractivity contribution >= 4 is 27.9 Å². The van der Waals surface area contributed by atoms with E-state index in [1.807, 2.05) is 24.3 Å². The fourth-order valence-electron chi connectivity index (χ4n) is 2.53. The number of hydrogen-bond donors (Lipinski definition) is 2. The first kappa shape index (κ1) is 17.5. The number of esters is 1. The van der Waals surface area contributed by atoms with Gasteiger partial charge >= 0.3 is 12.0 Å². The van der Waals surface area contributed by atoms with Gasteiger partial charge in [0.1, 0.15) is 0 Å². The van der Waals surface area contributed by atoms with E-state index in [2.05, 4.69) is 21.2 Å². The van der Waals surface area contributed by atoms with Crippen LogP contribution in [0, 0.1) is 0 Å². The lowest BCUT2D eigenvalue weighted by molar-refractivity contribution is -0.139. The van der Waals surface area contributed by atoms with Crippen LogP contribution in [0.15, 0.2) is 40.0 Å². The summed E-state index contributed by atoms with van der Waals surface area (Å²) in [6.45, 7) is 3.59. The van der Waals surface area contributed by atoms with E-state index in [9.17, 15) is 9.59 Å². The van der Waals surface area contributed by atoms with E-state index in [-0.39, 0.29) is 25.8 Å². The van der Waals surface area contributed by atoms with Crippen molar-refractivity contribution in [2.75, 3.05) is 19.8 Å². The number of carbonyl (C=O) groups is 2. The van der Waals surface area contributed by atoms with Crippen molar-refractivity contribution in [3.8, 4) is 0 Å². The van der Waals surface area contributed by atoms with Gasteiger partial charge in [-0.1, -0.05) is 28.1 Å². The number of halogens is 1. The number of allylic oxidation sites excluding steroid dienone is 1. The topological polar surface area (TPSA) is 78.9 Å². The molecule has 0 radical (unpaired) electrons. The zero-order valence-corrected chi connectivity index (χ0v) is 14.6. The van der Waals surface area contributed by atoms with Crippen LogP contribution in [0.1, 0.15) is 25.5 Å². The molecule has 1 aromatic carbocycles. The Morgan fingerprint density at radius 3 is 2.61 bits per heavy atom. The summed E-state index contributed by atoms with van der Waals surface area (Å²) in [5.74, 6) is -0.471. The minimum absolute atomic E-state index is 0.119. The molecule has 1 atom stereocenters. The van der Waals surface area contributed by atoms with Gasteiger partial charge in [0.2, 0.25) is 0 Å². The van der Waals surface area contributed by atoms with Crippen molar-refractivity contribution < 1.29 is 19.4 Å². The second-order valence-corrected chi connectivity index (χ2v) is 5.94. The van der Waals surface area contributed by atoms with Gasteiger partial charge in [-0.25, -0.2) is 9.59 Å². The lowest BCUT2D eigenvalue weighted by Gasteiger charge is -2.35. The maximum Gasteiger partial charge on any atom is 0.338 e. The Morgan fingerprint density at radius 2 is 2.04 bits per heavy atom. The Hall–Kier alpha value is -1.86. The number of ether oxygens (including phenoxy) is 1. The lowest BCUT2D eigenvalue weighted by Crippen LogP contribution is -2.48. The zero-order valence-electron chi connectivity index (χ0n) is 13.0. The quantitative estimate of drug-likeness (QED) is 0.766. The Balaban J connectivity index is 2.48. The average Bonchev–Trinajstić information content (AvgIpc) is 2.51. The molecule has 0 bridgehead atoms. The van der Waals surface area contributed by atoms with E-state index in [1.165, 1.54) is 4.90 Å². The number of aliphatic hydroxyl groups excluding tert-OH is 1. The highest BCUT2D eigenvalue weighted by Gasteiger charge is 2.36. The summed E-state index contributed by atoms with van der Waals surface area (Å²) in [4.78, 5) is 26.0. The van der Waals surface area contributed by atoms with Gasteiger partial charge in [0, 0.05) is 10.2 Å². The first-order chi connectivity index (χ1) is 11.0. The molecule has 124 valence electrons. The van der Waals surface area contributed by atoms with Crippen LogP contribution < -0.4 is 5.32 Å². The Bertz CT molecular complexity index is 627. The molecule has 2 amide bonds. The normalized spacial score (nSPS) is 18.0. The maximum absolute atomic E-state index is 12.4. The number of carbonyl (C=O) groups excluding carboxylic acids is 2. The van der Waals surface area contributed by atoms with Crippen molar-refractivity contribution in [1.82, 2.24) is 10.2 Å². The third kappa shape index (κ3) is 3.73. The van der Waals surface area contributed by atoms with Crippen LogP contribution in [0.25, 0.3) is 0 Å². The molecule has 23 heavy (non-hydrogen) atoms. The third-order valence-electron chi connectivity index (χ3n) is 3.62. The molecule has 0 unspecified atom stereocenters. The number of benzene rings is 1. The van der Waals surface area contributed by atoms with E-state index in [4.69, 9.17) is 9.84 Å². The molecule has 0 aliphatic carbocycles. The third-order valence-corrected chi connectivity index (χ3v) is 4.15. The van der Waals surface area contributed by atoms with Crippen LogP contribution in [-0.2, 0) is 9.53 Å². The van der Waals surface area contributed by atoms with Gasteiger partial charge in [-0.2, -0.15) is 0 Å². The first-order valence-corrected chi connectivity index (χ1v) is 8.11. The second kappa shape index (κ2) is 7.61. The van der Waals surface area contributed by atoms with Gasteiger partial charge in [0.25, 0.3) is 0 Å². The van der Waals surface area contributed by atoms with Gasteiger partial charge in [-0.15, -0.1) is 0 Å². The van der Waals surface area contributed by atoms with E-state index in [0.29, 0.717) is 11.3 Å². The van der Waals surface area contributed by atoms with E-state index >= 15 is 0 Å². The molecular formula is C16H19BrN2O4. The fraction of sp³-hybridized carbons (Fsp3) is 0.375. The molecule has 0 saturated heterocycles. The van der Waals surface area contributed by atoms with Gasteiger partial charge in [-0.05, 0) is 31.5 Å². The molecular weight excluding hydrogens is 364 g/mol. The molecule has 7 heteroatoms. The standard InChI is InChI=1S/C16H19BrN2O4/c1-3-23-15(21)13-10(2)19(8-9-20)16(22)18-14(13)11-4-6-12(17)7-5-11/h4-7,14,20H,3,8-9H2,1-2H3,(H,18,22)/t14-/m0/s1. The Labute approximate surface area is 143 Å². The van der Waals surface area contributed by atoms with E-state index < -0.39 is 12.0 Å². The summed E-state index contributed by atoms with van der Waals surface area (Å²) in [5.41, 5.74) is 1.66. The minimum Gasteiger partial charge on any atom is -0.463 e. The van der Waals surface area contributed by atoms with Crippen molar-refractivity contribution in [3.63, 3.8) is 0 Å². The molecule has 2 rings (SSSR count). The van der Waals surface area contributed by atoms with E-state index in [1.54, 1.807) is 13.8 Å². The molecule has 6 nitrogen and oxygen atoms in total. The number of β-amino-alcohol motifs (C(OH)–C–C–N with tert-alkyl or cyclic N) is 1. The number of aliphatic hydroxyl groups is 1. The number of urea groups is 1. The number of rotatable bonds is 5. The Morgan fingerprint density at radius 1 is 1.39 bits per heavy atom. The summed E-state index contributed by atoms with van der Waals surface area (Å²) in [5, 5.41) is 11.9. The van der Waals surface area contributed by atoms with Crippen molar-refractivity contribution in [1.29, 1.82) is 0 Å². The molecule has 1 aromatic rings. The zero-order chi connectivity index (χ0) is 17.0. The highest BCUT2D eigenvalue weighted by atomic mass is 79.9. The van der Waals surface area contributed by atoms with Crippen LogP contribution in [-0.4, -0.2) is 41.8 Å². The number of nitrogens with zero attached hydrogens (tertiary/aromatic N) is 1. The van der Waals surface area contributed by atoms with Gasteiger partial charge < -0.3 is 15.2 Å². The smallest absolute Gasteiger partial charge is 0.338 e. The summed E-state index contributed by atoms with van der Waals surface area (Å²) in [7, 11) is 0. The second-order valence-electron chi connectivity index (χ2n) is 5.03. The van der Waals surface area contributed by atoms with Crippen LogP contribution in [0.2, 0.25) is 0 Å². The average molecular weight is 383 g/mol. The van der Waals surface area contributed by atoms with Crippen LogP contribution in [0.4, 0.5) is 4.79 Å². The molecule has 2 N–H and O–H groups in total. The monoisotopic (exact) mass is 382 g/mol. The lowest BCUT2D eigenvalue weighted by atomic mass is 9.95. The van der Waals surface area contributed by atoms with Crippen LogP contribution in [0.5, 0.6) is 0 Å². The number of nitrogens with one attached hydrogen (secondary N) is 1. The highest BCUT2D eigenvalue weighted by Crippen LogP contribution is 2.31. The van der Waals surface area contributed by atoms with Crippen LogP contribution in [0.3, 0.4) is 0 Å². The SMILES string of the molecule is CCOC(=O)C1=C(C)N(CCO)C(=O)N[C@H]1c1ccc(Br)cc1. The van der Waals surface area contributed by atoms with Crippen LogP contribution >= 0.6 is 15.9 Å². The Kier molecular flexibility index (Phi) is 5.79. The summed E-state index contributed by atoms with van der Waals surface area (Å²) >= 11 is 3.37. The highest BCUT2D eigenvalue weighted by molar-refractivity contribution is 9.10. The predicted molar refractivity (Wildman–Crippen MR) is 88.5 cm³/mol. The molecule has 1 aliphatic rings. The minimum atomic E-state index is -0.579. The predicted octanol–water partition coefficient (Wildman–Crippen LogP) is 2.34. The first-order valence-electron chi connectivity index (χ1n) is 7.31. The van der Waals surface area contributed by atoms with Crippen molar-refractivity contribution in [2.24, 2.45) is 0 Å². The molecule has 0 aromatic heterocycles. The number of amides is 2. The van der Waals surface area contributed by atoms with Gasteiger partial charge in [0.15, 0.2) is 0 Å². The summed E-state index contributed by atoms with van der Waals surface area (Å²) in [6.07, 6.45) is 0. The molecule has 0 fully saturated rings. The fourth-order valence-corrected chi connectivity index (χ4v) is 2.79. The van der Waals surface area contributed by atoms with Gasteiger partial charge in [0.05, 0.1) is 31.4 Å². The molecule has 0 saturated carbocycles. The molecule has 1 aliphatic heterocycles. The number of hydrogen-bond acceptors (Lipinski definition) is 4. The molecule has 1 heterocycles. The van der Waals surface area contributed by atoms with Gasteiger partial charge in [-0.3, -0.25) is 4.90 Å². The maximum atomic E-state index is 12.4. The van der Waals surface area contributed by atoms with E-state index in [0.717, 1.165) is 10.0 Å². The summed E-state index contributed by atoms with van der Waals surface area (Å²) in [6, 6.07) is 6.44. The van der Waals surface area contributed by atoms with Crippen molar-refractivity contribution in [3.05, 3.63) is 45.6 Å². The molecule has 0 spiro atoms. The van der Waals surface area contributed by atoms with Crippen molar-refractivity contribution in [2.45, 2.75) is 19.9 Å². The largest absolute Gasteiger partial charge is 0.463 e.